The monoisotopic (exact) mass is 606 g/mol. The van der Waals surface area contributed by atoms with Gasteiger partial charge in [-0.05, 0) is 64.2 Å². The van der Waals surface area contributed by atoms with Crippen molar-refractivity contribution < 1.29 is 38.1 Å². The quantitative estimate of drug-likeness (QED) is 0.328. The van der Waals surface area contributed by atoms with E-state index in [9.17, 15) is 19.5 Å². The normalized spacial score (nSPS) is 44.8. The fourth-order valence-electron chi connectivity index (χ4n) is 10.3. The zero-order chi connectivity index (χ0) is 32.0. The molecular formula is C36H46O8. The molecule has 0 radical (unpaired) electrons. The summed E-state index contributed by atoms with van der Waals surface area (Å²) in [4.78, 5) is 40.4. The molecule has 8 nitrogen and oxygen atoms in total. The summed E-state index contributed by atoms with van der Waals surface area (Å²) in [5, 5.41) is 12.2. The number of rotatable bonds is 5. The molecule has 4 fully saturated rings. The van der Waals surface area contributed by atoms with Crippen LogP contribution in [0.5, 0.6) is 0 Å². The van der Waals surface area contributed by atoms with E-state index in [4.69, 9.17) is 18.6 Å². The van der Waals surface area contributed by atoms with Crippen LogP contribution in [0.1, 0.15) is 86.1 Å². The summed E-state index contributed by atoms with van der Waals surface area (Å²) in [6, 6.07) is 1.86. The second kappa shape index (κ2) is 10.3. The van der Waals surface area contributed by atoms with Crippen LogP contribution >= 0.6 is 0 Å². The molecule has 8 heteroatoms. The van der Waals surface area contributed by atoms with Crippen molar-refractivity contribution in [2.45, 2.75) is 105 Å². The van der Waals surface area contributed by atoms with E-state index in [1.54, 1.807) is 58.4 Å². The third-order valence-electron chi connectivity index (χ3n) is 12.8. The zero-order valence-electron chi connectivity index (χ0n) is 27.1. The Morgan fingerprint density at radius 2 is 1.70 bits per heavy atom. The number of hydrogen-bond acceptors (Lipinski definition) is 8. The van der Waals surface area contributed by atoms with E-state index < -0.39 is 63.9 Å². The maximum absolute atomic E-state index is 13.8. The third kappa shape index (κ3) is 3.92. The largest absolute Gasteiger partial charge is 0.472 e. The van der Waals surface area contributed by atoms with Crippen LogP contribution in [0, 0.1) is 33.5 Å². The first-order valence-electron chi connectivity index (χ1n) is 16.0. The topological polar surface area (TPSA) is 112 Å². The van der Waals surface area contributed by atoms with Crippen molar-refractivity contribution in [1.29, 1.82) is 0 Å². The smallest absolute Gasteiger partial charge is 0.333 e. The van der Waals surface area contributed by atoms with E-state index in [2.05, 4.69) is 27.7 Å². The number of aliphatic hydroxyl groups is 1. The average molecular weight is 607 g/mol. The first-order valence-corrected chi connectivity index (χ1v) is 16.0. The molecule has 44 heavy (non-hydrogen) atoms. The van der Waals surface area contributed by atoms with Gasteiger partial charge >= 0.3 is 11.9 Å². The van der Waals surface area contributed by atoms with E-state index in [1.165, 1.54) is 0 Å². The van der Waals surface area contributed by atoms with Crippen LogP contribution in [-0.4, -0.2) is 53.9 Å². The number of carbonyl (C=O) groups is 3. The highest BCUT2D eigenvalue weighted by Crippen LogP contribution is 2.75. The maximum atomic E-state index is 13.8. The minimum absolute atomic E-state index is 0.0143. The molecule has 5 aliphatic rings. The average Bonchev–Trinajstić information content (AvgIpc) is 3.70. The van der Waals surface area contributed by atoms with Crippen molar-refractivity contribution in [2.24, 2.45) is 33.5 Å². The molecule has 1 aromatic heterocycles. The number of ether oxygens (including phenoxy) is 3. The number of fused-ring (bicyclic) bond motifs is 4. The Bertz CT molecular complexity index is 1470. The predicted octanol–water partition coefficient (Wildman–Crippen LogP) is 5.86. The molecule has 1 N–H and O–H groups in total. The molecule has 1 saturated heterocycles. The molecule has 11 atom stereocenters. The lowest BCUT2D eigenvalue weighted by Gasteiger charge is -2.69. The summed E-state index contributed by atoms with van der Waals surface area (Å²) in [6.45, 7) is 15.8. The van der Waals surface area contributed by atoms with Crippen LogP contribution in [0.25, 0.3) is 0 Å². The lowest BCUT2D eigenvalue weighted by atomic mass is 9.36. The molecule has 3 saturated carbocycles. The Hall–Kier alpha value is -2.97. The van der Waals surface area contributed by atoms with Crippen LogP contribution in [0.2, 0.25) is 0 Å². The van der Waals surface area contributed by atoms with E-state index in [-0.39, 0.29) is 24.0 Å². The van der Waals surface area contributed by atoms with Crippen molar-refractivity contribution >= 4 is 17.7 Å². The minimum Gasteiger partial charge on any atom is -0.472 e. The van der Waals surface area contributed by atoms with Crippen LogP contribution in [0.15, 0.2) is 58.0 Å². The number of esters is 2. The maximum Gasteiger partial charge on any atom is 0.333 e. The molecule has 0 bridgehead atoms. The van der Waals surface area contributed by atoms with E-state index in [0.717, 1.165) is 24.0 Å². The number of allylic oxidation sites excluding steroid dienone is 3. The highest BCUT2D eigenvalue weighted by molar-refractivity contribution is 6.00. The second-order valence-electron chi connectivity index (χ2n) is 14.8. The lowest BCUT2D eigenvalue weighted by molar-refractivity contribution is -0.262. The molecule has 4 aliphatic carbocycles. The van der Waals surface area contributed by atoms with Crippen molar-refractivity contribution in [2.75, 3.05) is 6.61 Å². The first kappa shape index (κ1) is 31.0. The SMILES string of the molecule is CC=C(C)C(=O)OC1CC(O)C2(C)C3C(OCC13C)C(OC(=O)C(C)=CC)C1(C)C3=CC(=O)C(c4ccoc4)C3(C)CCC12. The molecule has 0 aromatic carbocycles. The fourth-order valence-corrected chi connectivity index (χ4v) is 10.3. The molecule has 0 amide bonds. The van der Waals surface area contributed by atoms with Gasteiger partial charge in [-0.3, -0.25) is 4.79 Å². The minimum atomic E-state index is -0.808. The summed E-state index contributed by atoms with van der Waals surface area (Å²) in [5.41, 5.74) is 0.167. The fraction of sp³-hybridized carbons (Fsp3) is 0.639. The molecular weight excluding hydrogens is 560 g/mol. The molecule has 1 aliphatic heterocycles. The zero-order valence-corrected chi connectivity index (χ0v) is 27.1. The standard InChI is InChI=1S/C36H46O8/c1-9-19(3)31(39)43-26-16-25(38)36(8)23-11-13-33(5)24(15-22(37)27(33)21-12-14-41-17-21)35(23,7)30(44-32(40)20(4)10-2)28-29(36)34(26,6)18-42-28/h9-10,12,14-15,17,23,25-30,38H,11,13,16,18H2,1-8H3. The van der Waals surface area contributed by atoms with Gasteiger partial charge in [0.15, 0.2) is 5.78 Å². The van der Waals surface area contributed by atoms with Gasteiger partial charge in [0, 0.05) is 50.7 Å². The van der Waals surface area contributed by atoms with Crippen molar-refractivity contribution in [3.63, 3.8) is 0 Å². The number of aliphatic hydroxyl groups excluding tert-OH is 1. The summed E-state index contributed by atoms with van der Waals surface area (Å²) < 4.78 is 24.7. The summed E-state index contributed by atoms with van der Waals surface area (Å²) in [5.74, 6) is -1.63. The number of hydrogen-bond donors (Lipinski definition) is 1. The van der Waals surface area contributed by atoms with E-state index in [1.807, 2.05) is 6.07 Å². The highest BCUT2D eigenvalue weighted by Gasteiger charge is 2.78. The molecule has 0 spiro atoms. The summed E-state index contributed by atoms with van der Waals surface area (Å²) in [6.07, 6.45) is 7.53. The molecule has 6 rings (SSSR count). The summed E-state index contributed by atoms with van der Waals surface area (Å²) in [7, 11) is 0. The van der Waals surface area contributed by atoms with Gasteiger partial charge in [0.2, 0.25) is 0 Å². The highest BCUT2D eigenvalue weighted by atomic mass is 16.6. The van der Waals surface area contributed by atoms with Gasteiger partial charge in [0.25, 0.3) is 0 Å². The molecule has 11 unspecified atom stereocenters. The Balaban J connectivity index is 1.50. The predicted molar refractivity (Wildman–Crippen MR) is 162 cm³/mol. The second-order valence-corrected chi connectivity index (χ2v) is 14.8. The number of furan rings is 1. The van der Waals surface area contributed by atoms with Gasteiger partial charge in [-0.25, -0.2) is 9.59 Å². The van der Waals surface area contributed by atoms with E-state index >= 15 is 0 Å². The van der Waals surface area contributed by atoms with Crippen LogP contribution < -0.4 is 0 Å². The summed E-state index contributed by atoms with van der Waals surface area (Å²) >= 11 is 0. The molecule has 238 valence electrons. The van der Waals surface area contributed by atoms with Gasteiger partial charge in [0.1, 0.15) is 12.2 Å². The first-order chi connectivity index (χ1) is 20.7. The molecule has 1 aromatic rings. The van der Waals surface area contributed by atoms with E-state index in [0.29, 0.717) is 17.8 Å². The van der Waals surface area contributed by atoms with Crippen molar-refractivity contribution in [1.82, 2.24) is 0 Å². The van der Waals surface area contributed by atoms with Crippen molar-refractivity contribution in [3.8, 4) is 0 Å². The number of ketones is 1. The Kier molecular flexibility index (Phi) is 7.25. The van der Waals surface area contributed by atoms with Gasteiger partial charge in [-0.2, -0.15) is 0 Å². The van der Waals surface area contributed by atoms with Crippen LogP contribution in [0.3, 0.4) is 0 Å². The van der Waals surface area contributed by atoms with Crippen LogP contribution in [0.4, 0.5) is 0 Å². The van der Waals surface area contributed by atoms with Gasteiger partial charge < -0.3 is 23.7 Å². The Morgan fingerprint density at radius 3 is 2.32 bits per heavy atom. The Labute approximate surface area is 259 Å². The molecule has 2 heterocycles. The van der Waals surface area contributed by atoms with Gasteiger partial charge in [0.05, 0.1) is 37.3 Å². The third-order valence-corrected chi connectivity index (χ3v) is 12.8. The van der Waals surface area contributed by atoms with Gasteiger partial charge in [-0.15, -0.1) is 0 Å². The van der Waals surface area contributed by atoms with Crippen LogP contribution in [-0.2, 0) is 28.6 Å². The Morgan fingerprint density at radius 1 is 1.05 bits per heavy atom. The lowest BCUT2D eigenvalue weighted by Crippen LogP contribution is -2.73. The number of carbonyl (C=O) groups excluding carboxylic acids is 3. The van der Waals surface area contributed by atoms with Gasteiger partial charge in [-0.1, -0.05) is 39.8 Å². The van der Waals surface area contributed by atoms with Crippen molar-refractivity contribution in [3.05, 3.63) is 59.1 Å².